The fourth-order valence-electron chi connectivity index (χ4n) is 1.57. The molecule has 0 saturated heterocycles. The lowest BCUT2D eigenvalue weighted by atomic mass is 9.90. The zero-order chi connectivity index (χ0) is 15.0. The summed E-state index contributed by atoms with van der Waals surface area (Å²) in [4.78, 5) is 0. The second-order valence-corrected chi connectivity index (χ2v) is 4.16. The van der Waals surface area contributed by atoms with Crippen molar-refractivity contribution in [2.24, 2.45) is 11.5 Å². The molecule has 5 N–H and O–H groups in total. The second-order valence-electron chi connectivity index (χ2n) is 4.16. The van der Waals surface area contributed by atoms with Crippen LogP contribution in [0.1, 0.15) is 13.8 Å². The van der Waals surface area contributed by atoms with Gasteiger partial charge in [-0.15, -0.1) is 12.8 Å². The lowest BCUT2D eigenvalue weighted by Crippen LogP contribution is -2.30. The smallest absolute Gasteiger partial charge is 0.0657 e. The fourth-order valence-corrected chi connectivity index (χ4v) is 1.57. The molecule has 0 aromatic rings. The molecule has 0 spiro atoms. The molecule has 1 aliphatic rings. The number of rotatable bonds is 5. The molecular weight excluding hydrogens is 234 g/mol. The van der Waals surface area contributed by atoms with E-state index in [2.05, 4.69) is 43.5 Å². The summed E-state index contributed by atoms with van der Waals surface area (Å²) >= 11 is 0. The van der Waals surface area contributed by atoms with Crippen LogP contribution in [0.2, 0.25) is 0 Å². The minimum Gasteiger partial charge on any atom is -0.397 e. The Morgan fingerprint density at radius 3 is 2.32 bits per heavy atom. The van der Waals surface area contributed by atoms with E-state index in [1.807, 2.05) is 13.8 Å². The number of allylic oxidation sites excluding steroid dienone is 3. The van der Waals surface area contributed by atoms with Gasteiger partial charge in [0.05, 0.1) is 11.4 Å². The third kappa shape index (κ3) is 4.20. The van der Waals surface area contributed by atoms with Gasteiger partial charge in [0.1, 0.15) is 0 Å². The highest BCUT2D eigenvalue weighted by atomic mass is 14.9. The lowest BCUT2D eigenvalue weighted by Gasteiger charge is -2.27. The summed E-state index contributed by atoms with van der Waals surface area (Å²) in [5.74, 6) is 0. The Balaban J connectivity index is 0.00000154. The molecule has 0 heterocycles. The highest BCUT2D eigenvalue weighted by Gasteiger charge is 2.23. The molecule has 0 bridgehead atoms. The minimum atomic E-state index is 0.575. The number of hydrogen-bond acceptors (Lipinski definition) is 3. The Morgan fingerprint density at radius 1 is 1.32 bits per heavy atom. The summed E-state index contributed by atoms with van der Waals surface area (Å²) in [6.07, 6.45) is 12.1. The van der Waals surface area contributed by atoms with E-state index < -0.39 is 0 Å². The van der Waals surface area contributed by atoms with Crippen LogP contribution in [0.3, 0.4) is 0 Å². The normalized spacial score (nSPS) is 15.6. The quantitative estimate of drug-likeness (QED) is 0.521. The van der Waals surface area contributed by atoms with Crippen LogP contribution in [0.15, 0.2) is 59.0 Å². The van der Waals surface area contributed by atoms with E-state index in [-0.39, 0.29) is 0 Å². The van der Waals surface area contributed by atoms with Gasteiger partial charge >= 0.3 is 0 Å². The monoisotopic (exact) mass is 257 g/mol. The van der Waals surface area contributed by atoms with Crippen molar-refractivity contribution in [2.45, 2.75) is 13.8 Å². The van der Waals surface area contributed by atoms with Gasteiger partial charge < -0.3 is 16.8 Å². The second kappa shape index (κ2) is 8.02. The molecule has 0 atom stereocenters. The molecule has 3 nitrogen and oxygen atoms in total. The molecule has 1 aliphatic carbocycles. The van der Waals surface area contributed by atoms with E-state index >= 15 is 0 Å². The molecule has 0 radical (unpaired) electrons. The van der Waals surface area contributed by atoms with Crippen LogP contribution >= 0.6 is 0 Å². The summed E-state index contributed by atoms with van der Waals surface area (Å²) in [6.45, 7) is 13.0. The average Bonchev–Trinajstić information content (AvgIpc) is 2.47. The Labute approximate surface area is 116 Å². The predicted molar refractivity (Wildman–Crippen MR) is 84.0 cm³/mol. The first-order chi connectivity index (χ1) is 9.01. The van der Waals surface area contributed by atoms with Crippen molar-refractivity contribution >= 4 is 0 Å². The molecule has 0 aliphatic heterocycles. The summed E-state index contributed by atoms with van der Waals surface area (Å²) in [5.41, 5.74) is 17.1. The highest BCUT2D eigenvalue weighted by Crippen LogP contribution is 2.31. The van der Waals surface area contributed by atoms with E-state index in [1.165, 1.54) is 5.57 Å². The third-order valence-electron chi connectivity index (χ3n) is 2.85. The highest BCUT2D eigenvalue weighted by molar-refractivity contribution is 5.65. The third-order valence-corrected chi connectivity index (χ3v) is 2.85. The minimum absolute atomic E-state index is 0.575. The average molecular weight is 257 g/mol. The molecule has 0 unspecified atom stereocenters. The summed E-state index contributed by atoms with van der Waals surface area (Å²) in [5, 5.41) is 3.27. The van der Waals surface area contributed by atoms with Crippen LogP contribution in [-0.4, -0.2) is 13.1 Å². The SMILES string of the molecule is C#C.C=C1C(=C)C(NCC(/C=C(\C)CN)=C/C)=C1N. The zero-order valence-electron chi connectivity index (χ0n) is 11.8. The molecule has 0 fully saturated rings. The van der Waals surface area contributed by atoms with Crippen LogP contribution in [0.25, 0.3) is 0 Å². The largest absolute Gasteiger partial charge is 0.397 e. The van der Waals surface area contributed by atoms with E-state index in [1.54, 1.807) is 0 Å². The first-order valence-electron chi connectivity index (χ1n) is 5.99. The number of hydrogen-bond donors (Lipinski definition) is 3. The zero-order valence-corrected chi connectivity index (χ0v) is 11.8. The Bertz CT molecular complexity index is 473. The van der Waals surface area contributed by atoms with Crippen molar-refractivity contribution in [1.82, 2.24) is 5.32 Å². The molecule has 0 saturated carbocycles. The Kier molecular flexibility index (Phi) is 7.10. The maximum Gasteiger partial charge on any atom is 0.0657 e. The van der Waals surface area contributed by atoms with Gasteiger partial charge in [0.25, 0.3) is 0 Å². The van der Waals surface area contributed by atoms with Crippen LogP contribution in [0.4, 0.5) is 0 Å². The van der Waals surface area contributed by atoms with Gasteiger partial charge in [-0.1, -0.05) is 30.9 Å². The topological polar surface area (TPSA) is 64.1 Å². The molecule has 19 heavy (non-hydrogen) atoms. The lowest BCUT2D eigenvalue weighted by molar-refractivity contribution is 0.848. The molecule has 102 valence electrons. The van der Waals surface area contributed by atoms with Crippen LogP contribution in [-0.2, 0) is 0 Å². The van der Waals surface area contributed by atoms with Crippen LogP contribution in [0, 0.1) is 12.8 Å². The number of nitrogens with one attached hydrogen (secondary N) is 1. The van der Waals surface area contributed by atoms with Crippen molar-refractivity contribution in [2.75, 3.05) is 13.1 Å². The van der Waals surface area contributed by atoms with Gasteiger partial charge in [-0.3, -0.25) is 0 Å². The standard InChI is InChI=1S/C14H21N3.C2H2/c1-5-12(6-9(2)7-15)8-17-14-11(4)10(3)13(14)16;1-2/h5-6,17H,3-4,7-8,15-16H2,1-2H3;1-2H/b9-6+,12-5+;. The summed E-state index contributed by atoms with van der Waals surface area (Å²) in [7, 11) is 0. The van der Waals surface area contributed by atoms with Crippen molar-refractivity contribution in [3.63, 3.8) is 0 Å². The molecule has 0 amide bonds. The fraction of sp³-hybridized carbons (Fsp3) is 0.250. The predicted octanol–water partition coefficient (Wildman–Crippen LogP) is 1.97. The van der Waals surface area contributed by atoms with Crippen molar-refractivity contribution in [3.05, 3.63) is 59.0 Å². The molecule has 1 rings (SSSR count). The Morgan fingerprint density at radius 2 is 1.89 bits per heavy atom. The van der Waals surface area contributed by atoms with Crippen molar-refractivity contribution in [1.29, 1.82) is 0 Å². The van der Waals surface area contributed by atoms with E-state index in [4.69, 9.17) is 11.5 Å². The van der Waals surface area contributed by atoms with E-state index in [0.717, 1.165) is 29.0 Å². The molecule has 0 aromatic heterocycles. The first-order valence-corrected chi connectivity index (χ1v) is 5.99. The maximum absolute atomic E-state index is 5.81. The van der Waals surface area contributed by atoms with Gasteiger partial charge in [-0.2, -0.15) is 0 Å². The number of terminal acetylenes is 1. The van der Waals surface area contributed by atoms with Gasteiger partial charge in [-0.25, -0.2) is 0 Å². The maximum atomic E-state index is 5.81. The summed E-state index contributed by atoms with van der Waals surface area (Å²) in [6, 6.07) is 0. The first kappa shape index (κ1) is 16.8. The van der Waals surface area contributed by atoms with E-state index in [0.29, 0.717) is 12.2 Å². The van der Waals surface area contributed by atoms with Gasteiger partial charge in [0.15, 0.2) is 0 Å². The van der Waals surface area contributed by atoms with Gasteiger partial charge in [0, 0.05) is 24.2 Å². The van der Waals surface area contributed by atoms with Crippen LogP contribution < -0.4 is 16.8 Å². The summed E-state index contributed by atoms with van der Waals surface area (Å²) < 4.78 is 0. The Hall–Kier alpha value is -2.18. The van der Waals surface area contributed by atoms with Gasteiger partial charge in [-0.05, 0) is 19.4 Å². The van der Waals surface area contributed by atoms with Crippen molar-refractivity contribution in [3.8, 4) is 12.8 Å². The van der Waals surface area contributed by atoms with Gasteiger partial charge in [0.2, 0.25) is 0 Å². The molecule has 3 heteroatoms. The molecular formula is C16H23N3. The van der Waals surface area contributed by atoms with E-state index in [9.17, 15) is 0 Å². The number of nitrogens with two attached hydrogens (primary N) is 2. The van der Waals surface area contributed by atoms with Crippen molar-refractivity contribution < 1.29 is 0 Å². The molecule has 0 aromatic carbocycles. The van der Waals surface area contributed by atoms with Crippen LogP contribution in [0.5, 0.6) is 0 Å².